The van der Waals surface area contributed by atoms with Crippen molar-refractivity contribution in [2.75, 3.05) is 12.0 Å². The number of hydrogen-bond donors (Lipinski definition) is 1. The second kappa shape index (κ2) is 5.52. The zero-order valence-corrected chi connectivity index (χ0v) is 11.4. The van der Waals surface area contributed by atoms with Crippen LogP contribution >= 0.6 is 11.8 Å². The highest BCUT2D eigenvalue weighted by molar-refractivity contribution is 7.98. The molecule has 0 aliphatic carbocycles. The molecule has 0 amide bonds. The predicted octanol–water partition coefficient (Wildman–Crippen LogP) is 1.88. The fourth-order valence-electron chi connectivity index (χ4n) is 1.92. The van der Waals surface area contributed by atoms with Crippen molar-refractivity contribution in [2.24, 2.45) is 0 Å². The van der Waals surface area contributed by atoms with Gasteiger partial charge in [-0.2, -0.15) is 10.5 Å². The van der Waals surface area contributed by atoms with E-state index in [1.807, 2.05) is 12.1 Å². The van der Waals surface area contributed by atoms with E-state index < -0.39 is 5.56 Å². The van der Waals surface area contributed by atoms with Gasteiger partial charge < -0.3 is 5.73 Å². The van der Waals surface area contributed by atoms with E-state index in [-0.39, 0.29) is 16.9 Å². The Morgan fingerprint density at radius 3 is 2.25 bits per heavy atom. The number of rotatable bonds is 2. The number of nitrogens with two attached hydrogens (primary N) is 1. The summed E-state index contributed by atoms with van der Waals surface area (Å²) in [5.74, 6) is 0.0482. The molecule has 0 atom stereocenters. The van der Waals surface area contributed by atoms with Gasteiger partial charge in [-0.3, -0.25) is 9.36 Å². The highest BCUT2D eigenvalue weighted by Gasteiger charge is 2.20. The van der Waals surface area contributed by atoms with E-state index in [9.17, 15) is 15.3 Å². The van der Waals surface area contributed by atoms with E-state index in [0.717, 1.165) is 0 Å². The van der Waals surface area contributed by atoms with Gasteiger partial charge in [-0.05, 0) is 18.4 Å². The molecule has 2 rings (SSSR count). The van der Waals surface area contributed by atoms with Gasteiger partial charge in [-0.15, -0.1) is 11.8 Å². The maximum Gasteiger partial charge on any atom is 0.275 e. The summed E-state index contributed by atoms with van der Waals surface area (Å²) >= 11 is 1.17. The molecule has 98 valence electrons. The minimum atomic E-state index is -0.514. The lowest BCUT2D eigenvalue weighted by molar-refractivity contribution is 0.968. The van der Waals surface area contributed by atoms with E-state index in [1.165, 1.54) is 16.3 Å². The Kier molecular flexibility index (Phi) is 3.79. The molecule has 0 saturated carbocycles. The Morgan fingerprint density at radius 1 is 1.15 bits per heavy atom. The van der Waals surface area contributed by atoms with Gasteiger partial charge >= 0.3 is 0 Å². The standard InChI is InChI=1S/C14H10N4OS/c1-20-12-10(7-15)13(17)18(14(19)11(12)8-16)9-5-3-2-4-6-9/h2-6H,17H2,1H3. The maximum absolute atomic E-state index is 12.4. The fourth-order valence-corrected chi connectivity index (χ4v) is 2.61. The molecule has 1 aromatic carbocycles. The van der Waals surface area contributed by atoms with Gasteiger partial charge in [0.1, 0.15) is 29.1 Å². The molecule has 0 bridgehead atoms. The first-order chi connectivity index (χ1) is 9.65. The van der Waals surface area contributed by atoms with Crippen LogP contribution in [0.1, 0.15) is 11.1 Å². The molecule has 20 heavy (non-hydrogen) atoms. The van der Waals surface area contributed by atoms with Crippen LogP contribution in [0.3, 0.4) is 0 Å². The summed E-state index contributed by atoms with van der Waals surface area (Å²) in [6.45, 7) is 0. The maximum atomic E-state index is 12.4. The fraction of sp³-hybridized carbons (Fsp3) is 0.0714. The summed E-state index contributed by atoms with van der Waals surface area (Å²) in [5, 5.41) is 18.4. The van der Waals surface area contributed by atoms with Gasteiger partial charge in [0.25, 0.3) is 5.56 Å². The van der Waals surface area contributed by atoms with E-state index in [1.54, 1.807) is 36.6 Å². The monoisotopic (exact) mass is 282 g/mol. The minimum absolute atomic E-state index is 0.0482. The molecule has 6 heteroatoms. The number of para-hydroxylation sites is 1. The van der Waals surface area contributed by atoms with Crippen LogP contribution in [0.4, 0.5) is 5.82 Å². The number of pyridine rings is 1. The molecule has 0 saturated heterocycles. The van der Waals surface area contributed by atoms with Gasteiger partial charge in [0.2, 0.25) is 0 Å². The number of nitrogens with zero attached hydrogens (tertiary/aromatic N) is 3. The summed E-state index contributed by atoms with van der Waals surface area (Å²) in [6.07, 6.45) is 1.70. The number of aromatic nitrogens is 1. The van der Waals surface area contributed by atoms with Crippen LogP contribution in [-0.4, -0.2) is 10.8 Å². The molecule has 0 fully saturated rings. The number of nitrogen functional groups attached to an aromatic ring is 1. The topological polar surface area (TPSA) is 95.6 Å². The van der Waals surface area contributed by atoms with Crippen molar-refractivity contribution in [1.82, 2.24) is 4.57 Å². The summed E-state index contributed by atoms with van der Waals surface area (Å²) < 4.78 is 1.19. The molecule has 2 aromatic rings. The number of benzene rings is 1. The molecule has 5 nitrogen and oxygen atoms in total. The summed E-state index contributed by atoms with van der Waals surface area (Å²) in [6, 6.07) is 12.5. The molecule has 1 aromatic heterocycles. The van der Waals surface area contributed by atoms with Crippen molar-refractivity contribution in [3.8, 4) is 17.8 Å². The van der Waals surface area contributed by atoms with Crippen LogP contribution in [0, 0.1) is 22.7 Å². The number of hydrogen-bond acceptors (Lipinski definition) is 5. The van der Waals surface area contributed by atoms with E-state index in [0.29, 0.717) is 10.6 Å². The Morgan fingerprint density at radius 2 is 1.75 bits per heavy atom. The van der Waals surface area contributed by atoms with Gasteiger partial charge in [0.15, 0.2) is 0 Å². The van der Waals surface area contributed by atoms with Gasteiger partial charge in [0, 0.05) is 0 Å². The van der Waals surface area contributed by atoms with Crippen molar-refractivity contribution < 1.29 is 0 Å². The SMILES string of the molecule is CSc1c(C#N)c(N)n(-c2ccccc2)c(=O)c1C#N. The zero-order chi connectivity index (χ0) is 14.7. The van der Waals surface area contributed by atoms with Crippen LogP contribution in [0.15, 0.2) is 40.0 Å². The first kappa shape index (κ1) is 13.7. The van der Waals surface area contributed by atoms with E-state index >= 15 is 0 Å². The highest BCUT2D eigenvalue weighted by Crippen LogP contribution is 2.27. The van der Waals surface area contributed by atoms with Crippen LogP contribution < -0.4 is 11.3 Å². The zero-order valence-electron chi connectivity index (χ0n) is 10.6. The molecule has 0 radical (unpaired) electrons. The molecule has 0 aliphatic rings. The average molecular weight is 282 g/mol. The third-order valence-electron chi connectivity index (χ3n) is 2.81. The number of nitriles is 2. The number of anilines is 1. The second-order valence-electron chi connectivity index (χ2n) is 3.87. The first-order valence-corrected chi connectivity index (χ1v) is 6.86. The third-order valence-corrected chi connectivity index (χ3v) is 3.63. The molecular weight excluding hydrogens is 272 g/mol. The quantitative estimate of drug-likeness (QED) is 0.848. The van der Waals surface area contributed by atoms with Crippen molar-refractivity contribution in [3.05, 3.63) is 51.8 Å². The van der Waals surface area contributed by atoms with Gasteiger partial charge in [-0.1, -0.05) is 18.2 Å². The van der Waals surface area contributed by atoms with Crippen LogP contribution in [0.5, 0.6) is 0 Å². The Labute approximate surface area is 119 Å². The lowest BCUT2D eigenvalue weighted by Gasteiger charge is -2.14. The first-order valence-electron chi connectivity index (χ1n) is 5.63. The van der Waals surface area contributed by atoms with Gasteiger partial charge in [-0.25, -0.2) is 0 Å². The van der Waals surface area contributed by atoms with Crippen LogP contribution in [0.2, 0.25) is 0 Å². The van der Waals surface area contributed by atoms with Crippen LogP contribution in [-0.2, 0) is 0 Å². The normalized spacial score (nSPS) is 9.75. The third kappa shape index (κ3) is 2.03. The van der Waals surface area contributed by atoms with E-state index in [2.05, 4.69) is 0 Å². The van der Waals surface area contributed by atoms with Crippen molar-refractivity contribution >= 4 is 17.6 Å². The highest BCUT2D eigenvalue weighted by atomic mass is 32.2. The van der Waals surface area contributed by atoms with E-state index in [4.69, 9.17) is 5.73 Å². The number of thioether (sulfide) groups is 1. The lowest BCUT2D eigenvalue weighted by Crippen LogP contribution is -2.26. The smallest absolute Gasteiger partial charge is 0.275 e. The molecular formula is C14H10N4OS. The second-order valence-corrected chi connectivity index (χ2v) is 4.68. The lowest BCUT2D eigenvalue weighted by atomic mass is 10.1. The van der Waals surface area contributed by atoms with Gasteiger partial charge in [0.05, 0.1) is 10.6 Å². The molecule has 2 N–H and O–H groups in total. The Bertz CT molecular complexity index is 797. The largest absolute Gasteiger partial charge is 0.384 e. The van der Waals surface area contributed by atoms with Crippen molar-refractivity contribution in [3.63, 3.8) is 0 Å². The summed E-state index contributed by atoms with van der Waals surface area (Å²) in [4.78, 5) is 12.7. The molecule has 1 heterocycles. The Balaban J connectivity index is 2.96. The Hall–Kier alpha value is -2.70. The predicted molar refractivity (Wildman–Crippen MR) is 77.7 cm³/mol. The van der Waals surface area contributed by atoms with Crippen molar-refractivity contribution in [1.29, 1.82) is 10.5 Å². The summed E-state index contributed by atoms with van der Waals surface area (Å²) in [7, 11) is 0. The van der Waals surface area contributed by atoms with Crippen LogP contribution in [0.25, 0.3) is 5.69 Å². The van der Waals surface area contributed by atoms with Crippen molar-refractivity contribution in [2.45, 2.75) is 4.90 Å². The minimum Gasteiger partial charge on any atom is -0.384 e. The average Bonchev–Trinajstić information content (AvgIpc) is 2.47. The summed E-state index contributed by atoms with van der Waals surface area (Å²) in [5.41, 5.74) is 6.04. The molecule has 0 spiro atoms. The molecule has 0 unspecified atom stereocenters. The molecule has 0 aliphatic heterocycles.